The van der Waals surface area contributed by atoms with Crippen LogP contribution in [0.15, 0.2) is 10.9 Å². The van der Waals surface area contributed by atoms with Gasteiger partial charge in [0.1, 0.15) is 5.69 Å². The second-order valence-corrected chi connectivity index (χ2v) is 6.23. The molecule has 1 aromatic rings. The standard InChI is InChI=1S/C12H18N2O2S/c1-11(2)7-14(5-4-12(11,3)16)10(15)9-6-17-8-13-9/h6,8,16H,4-5,7H2,1-3H3/t12-/m1/s1. The number of nitrogens with zero attached hydrogens (tertiary/aromatic N) is 2. The van der Waals surface area contributed by atoms with E-state index in [0.717, 1.165) is 0 Å². The first-order valence-corrected chi connectivity index (χ1v) is 6.68. The molecule has 2 heterocycles. The Morgan fingerprint density at radius 3 is 2.76 bits per heavy atom. The van der Waals surface area contributed by atoms with Crippen LogP contribution in [0.1, 0.15) is 37.7 Å². The number of piperidine rings is 1. The van der Waals surface area contributed by atoms with E-state index in [2.05, 4.69) is 4.98 Å². The summed E-state index contributed by atoms with van der Waals surface area (Å²) in [5, 5.41) is 12.0. The van der Waals surface area contributed by atoms with E-state index in [1.807, 2.05) is 20.8 Å². The van der Waals surface area contributed by atoms with Crippen molar-refractivity contribution in [1.29, 1.82) is 0 Å². The molecular weight excluding hydrogens is 236 g/mol. The maximum atomic E-state index is 12.1. The van der Waals surface area contributed by atoms with Gasteiger partial charge in [0.2, 0.25) is 0 Å². The highest BCUT2D eigenvalue weighted by Crippen LogP contribution is 2.38. The molecule has 1 fully saturated rings. The van der Waals surface area contributed by atoms with Gasteiger partial charge in [-0.3, -0.25) is 4.79 Å². The van der Waals surface area contributed by atoms with Crippen molar-refractivity contribution in [3.05, 3.63) is 16.6 Å². The molecule has 1 N–H and O–H groups in total. The van der Waals surface area contributed by atoms with Crippen molar-refractivity contribution in [1.82, 2.24) is 9.88 Å². The quantitative estimate of drug-likeness (QED) is 0.831. The highest BCUT2D eigenvalue weighted by atomic mass is 32.1. The molecule has 0 aromatic carbocycles. The Morgan fingerprint density at radius 1 is 1.53 bits per heavy atom. The third-order valence-corrected chi connectivity index (χ3v) is 4.44. The molecule has 94 valence electrons. The number of carbonyl (C=O) groups excluding carboxylic acids is 1. The van der Waals surface area contributed by atoms with E-state index >= 15 is 0 Å². The molecule has 1 atom stereocenters. The second kappa shape index (κ2) is 4.07. The van der Waals surface area contributed by atoms with E-state index in [4.69, 9.17) is 0 Å². The minimum absolute atomic E-state index is 0.0326. The molecule has 5 heteroatoms. The predicted octanol–water partition coefficient (Wildman–Crippen LogP) is 1.77. The molecule has 1 aliphatic rings. The van der Waals surface area contributed by atoms with Crippen LogP contribution in [0.25, 0.3) is 0 Å². The van der Waals surface area contributed by atoms with Crippen molar-refractivity contribution in [2.75, 3.05) is 13.1 Å². The Hall–Kier alpha value is -0.940. The van der Waals surface area contributed by atoms with Crippen LogP contribution >= 0.6 is 11.3 Å². The van der Waals surface area contributed by atoms with Gasteiger partial charge in [0.05, 0.1) is 11.1 Å². The number of amides is 1. The third kappa shape index (κ3) is 2.21. The van der Waals surface area contributed by atoms with Crippen LogP contribution in [0, 0.1) is 5.41 Å². The largest absolute Gasteiger partial charge is 0.389 e. The van der Waals surface area contributed by atoms with Crippen molar-refractivity contribution in [3.63, 3.8) is 0 Å². The molecule has 1 aliphatic heterocycles. The van der Waals surface area contributed by atoms with E-state index in [1.165, 1.54) is 11.3 Å². The average Bonchev–Trinajstić information content (AvgIpc) is 2.74. The molecule has 0 unspecified atom stereocenters. The smallest absolute Gasteiger partial charge is 0.273 e. The Morgan fingerprint density at radius 2 is 2.24 bits per heavy atom. The topological polar surface area (TPSA) is 53.4 Å². The lowest BCUT2D eigenvalue weighted by molar-refractivity contribution is -0.0971. The fourth-order valence-corrected chi connectivity index (χ4v) is 2.60. The van der Waals surface area contributed by atoms with E-state index in [0.29, 0.717) is 25.2 Å². The highest BCUT2D eigenvalue weighted by Gasteiger charge is 2.45. The summed E-state index contributed by atoms with van der Waals surface area (Å²) >= 11 is 1.42. The zero-order valence-electron chi connectivity index (χ0n) is 10.4. The highest BCUT2D eigenvalue weighted by molar-refractivity contribution is 7.07. The maximum Gasteiger partial charge on any atom is 0.273 e. The number of likely N-dealkylation sites (tertiary alicyclic amines) is 1. The van der Waals surface area contributed by atoms with Crippen LogP contribution in [0.2, 0.25) is 0 Å². The van der Waals surface area contributed by atoms with Gasteiger partial charge in [0, 0.05) is 23.9 Å². The van der Waals surface area contributed by atoms with E-state index in [-0.39, 0.29) is 11.3 Å². The molecule has 1 amide bonds. The Bertz CT molecular complexity index is 412. The number of rotatable bonds is 1. The van der Waals surface area contributed by atoms with Crippen molar-refractivity contribution in [3.8, 4) is 0 Å². The zero-order valence-corrected chi connectivity index (χ0v) is 11.3. The summed E-state index contributed by atoms with van der Waals surface area (Å²) in [6.07, 6.45) is 0.607. The molecule has 1 saturated heterocycles. The molecule has 17 heavy (non-hydrogen) atoms. The Balaban J connectivity index is 2.14. The molecular formula is C12H18N2O2S. The van der Waals surface area contributed by atoms with Crippen molar-refractivity contribution < 1.29 is 9.90 Å². The van der Waals surface area contributed by atoms with E-state index in [1.54, 1.807) is 15.8 Å². The number of hydrogen-bond acceptors (Lipinski definition) is 4. The van der Waals surface area contributed by atoms with Gasteiger partial charge < -0.3 is 10.0 Å². The lowest BCUT2D eigenvalue weighted by atomic mass is 9.71. The van der Waals surface area contributed by atoms with Gasteiger partial charge in [0.15, 0.2) is 0 Å². The molecule has 0 radical (unpaired) electrons. The fourth-order valence-electron chi connectivity index (χ4n) is 2.07. The summed E-state index contributed by atoms with van der Waals surface area (Å²) in [6.45, 7) is 6.99. The van der Waals surface area contributed by atoms with Crippen molar-refractivity contribution in [2.45, 2.75) is 32.8 Å². The predicted molar refractivity (Wildman–Crippen MR) is 67.0 cm³/mol. The van der Waals surface area contributed by atoms with Crippen LogP contribution < -0.4 is 0 Å². The zero-order chi connectivity index (χ0) is 12.7. The van der Waals surface area contributed by atoms with Gasteiger partial charge in [-0.25, -0.2) is 4.98 Å². The summed E-state index contributed by atoms with van der Waals surface area (Å²) < 4.78 is 0. The average molecular weight is 254 g/mol. The molecule has 0 saturated carbocycles. The first-order valence-electron chi connectivity index (χ1n) is 5.73. The van der Waals surface area contributed by atoms with Crippen molar-refractivity contribution >= 4 is 17.2 Å². The minimum atomic E-state index is -0.716. The number of aliphatic hydroxyl groups is 1. The Labute approximate surface area is 105 Å². The van der Waals surface area contributed by atoms with Crippen molar-refractivity contribution in [2.24, 2.45) is 5.41 Å². The Kier molecular flexibility index (Phi) is 2.99. The molecule has 0 aliphatic carbocycles. The molecule has 0 bridgehead atoms. The summed E-state index contributed by atoms with van der Waals surface area (Å²) in [7, 11) is 0. The number of thiazole rings is 1. The van der Waals surface area contributed by atoms with Crippen LogP contribution in [0.4, 0.5) is 0 Å². The summed E-state index contributed by atoms with van der Waals surface area (Å²) in [5.41, 5.74) is 1.16. The first-order chi connectivity index (χ1) is 7.83. The second-order valence-electron chi connectivity index (χ2n) is 5.51. The normalized spacial score (nSPS) is 28.1. The van der Waals surface area contributed by atoms with Gasteiger partial charge in [0.25, 0.3) is 5.91 Å². The van der Waals surface area contributed by atoms with Gasteiger partial charge >= 0.3 is 0 Å². The van der Waals surface area contributed by atoms with Crippen LogP contribution in [-0.2, 0) is 0 Å². The third-order valence-electron chi connectivity index (χ3n) is 3.85. The lowest BCUT2D eigenvalue weighted by Gasteiger charge is -2.48. The van der Waals surface area contributed by atoms with E-state index in [9.17, 15) is 9.90 Å². The van der Waals surface area contributed by atoms with Crippen LogP contribution in [-0.4, -0.2) is 39.6 Å². The summed E-state index contributed by atoms with van der Waals surface area (Å²) in [6, 6.07) is 0. The molecule has 4 nitrogen and oxygen atoms in total. The minimum Gasteiger partial charge on any atom is -0.389 e. The van der Waals surface area contributed by atoms with Gasteiger partial charge in [-0.1, -0.05) is 13.8 Å². The summed E-state index contributed by atoms with van der Waals surface area (Å²) in [4.78, 5) is 18.0. The number of hydrogen-bond donors (Lipinski definition) is 1. The summed E-state index contributed by atoms with van der Waals surface area (Å²) in [5.74, 6) is -0.0326. The van der Waals surface area contributed by atoms with Gasteiger partial charge in [-0.2, -0.15) is 0 Å². The SMILES string of the molecule is CC1(C)CN(C(=O)c2cscn2)CC[C@@]1(C)O. The molecule has 2 rings (SSSR count). The van der Waals surface area contributed by atoms with Gasteiger partial charge in [-0.05, 0) is 13.3 Å². The number of carbonyl (C=O) groups is 1. The first kappa shape index (κ1) is 12.5. The van der Waals surface area contributed by atoms with Crippen LogP contribution in [0.5, 0.6) is 0 Å². The monoisotopic (exact) mass is 254 g/mol. The maximum absolute atomic E-state index is 12.1. The molecule has 0 spiro atoms. The van der Waals surface area contributed by atoms with Gasteiger partial charge in [-0.15, -0.1) is 11.3 Å². The van der Waals surface area contributed by atoms with Crippen LogP contribution in [0.3, 0.4) is 0 Å². The number of aromatic nitrogens is 1. The molecule has 1 aromatic heterocycles. The fraction of sp³-hybridized carbons (Fsp3) is 0.667. The lowest BCUT2D eigenvalue weighted by Crippen LogP contribution is -2.57. The van der Waals surface area contributed by atoms with E-state index < -0.39 is 5.60 Å².